The number of ketones is 1. The minimum absolute atomic E-state index is 0.0266. The Bertz CT molecular complexity index is 1170. The molecule has 1 aliphatic heterocycles. The molecule has 0 saturated carbocycles. The van der Waals surface area contributed by atoms with Gasteiger partial charge in [-0.05, 0) is 56.0 Å². The molecule has 0 unspecified atom stereocenters. The first-order valence-corrected chi connectivity index (χ1v) is 11.2. The van der Waals surface area contributed by atoms with Crippen LogP contribution in [-0.2, 0) is 9.59 Å². The average molecular weight is 464 g/mol. The second-order valence-corrected chi connectivity index (χ2v) is 8.40. The SMILES string of the molecule is COc1cc([C@@H]2C(C(=O)Nc3ccc(C)cn3)=C(C)NC3=C2C(=O)CCC3)cc(OC)c1OC. The first kappa shape index (κ1) is 23.4. The van der Waals surface area contributed by atoms with E-state index >= 15 is 0 Å². The van der Waals surface area contributed by atoms with Gasteiger partial charge in [-0.2, -0.15) is 0 Å². The van der Waals surface area contributed by atoms with Crippen molar-refractivity contribution >= 4 is 17.5 Å². The van der Waals surface area contributed by atoms with Crippen LogP contribution in [0.2, 0.25) is 0 Å². The number of amides is 1. The van der Waals surface area contributed by atoms with Gasteiger partial charge in [-0.25, -0.2) is 4.98 Å². The van der Waals surface area contributed by atoms with Crippen molar-refractivity contribution < 1.29 is 23.8 Å². The summed E-state index contributed by atoms with van der Waals surface area (Å²) in [4.78, 5) is 31.1. The molecule has 1 amide bonds. The van der Waals surface area contributed by atoms with Gasteiger partial charge in [0.05, 0.1) is 21.3 Å². The molecule has 0 spiro atoms. The van der Waals surface area contributed by atoms with Gasteiger partial charge in [-0.3, -0.25) is 9.59 Å². The van der Waals surface area contributed by atoms with Crippen molar-refractivity contribution in [2.24, 2.45) is 0 Å². The third-order valence-corrected chi connectivity index (χ3v) is 6.19. The van der Waals surface area contributed by atoms with E-state index in [9.17, 15) is 9.59 Å². The molecule has 0 saturated heterocycles. The van der Waals surface area contributed by atoms with Crippen LogP contribution in [0.3, 0.4) is 0 Å². The van der Waals surface area contributed by atoms with Gasteiger partial charge in [-0.15, -0.1) is 0 Å². The van der Waals surface area contributed by atoms with Gasteiger partial charge in [0.15, 0.2) is 17.3 Å². The Kier molecular flexibility index (Phi) is 6.58. The fourth-order valence-electron chi connectivity index (χ4n) is 4.61. The number of pyridine rings is 1. The van der Waals surface area contributed by atoms with E-state index in [0.717, 1.165) is 24.1 Å². The lowest BCUT2D eigenvalue weighted by Crippen LogP contribution is -2.35. The summed E-state index contributed by atoms with van der Waals surface area (Å²) in [5.74, 6) is 0.903. The topological polar surface area (TPSA) is 98.8 Å². The van der Waals surface area contributed by atoms with Gasteiger partial charge in [0.25, 0.3) is 5.91 Å². The molecule has 8 nitrogen and oxygen atoms in total. The van der Waals surface area contributed by atoms with Crippen molar-refractivity contribution in [1.82, 2.24) is 10.3 Å². The number of ether oxygens (including phenoxy) is 3. The molecule has 34 heavy (non-hydrogen) atoms. The molecule has 0 bridgehead atoms. The van der Waals surface area contributed by atoms with E-state index in [2.05, 4.69) is 15.6 Å². The Morgan fingerprint density at radius 2 is 1.76 bits per heavy atom. The van der Waals surface area contributed by atoms with Crippen LogP contribution in [0.15, 0.2) is 53.0 Å². The van der Waals surface area contributed by atoms with Crippen molar-refractivity contribution in [1.29, 1.82) is 0 Å². The van der Waals surface area contributed by atoms with E-state index in [0.29, 0.717) is 51.9 Å². The van der Waals surface area contributed by atoms with Gasteiger partial charge in [-0.1, -0.05) is 6.07 Å². The summed E-state index contributed by atoms with van der Waals surface area (Å²) in [6.45, 7) is 3.78. The molecule has 8 heteroatoms. The van der Waals surface area contributed by atoms with Gasteiger partial charge >= 0.3 is 0 Å². The Balaban J connectivity index is 1.86. The number of aryl methyl sites for hydroxylation is 1. The summed E-state index contributed by atoms with van der Waals surface area (Å²) in [7, 11) is 4.61. The maximum Gasteiger partial charge on any atom is 0.255 e. The second-order valence-electron chi connectivity index (χ2n) is 8.40. The maximum atomic E-state index is 13.6. The lowest BCUT2D eigenvalue weighted by atomic mass is 9.75. The van der Waals surface area contributed by atoms with E-state index in [-0.39, 0.29) is 11.7 Å². The predicted octanol–water partition coefficient (Wildman–Crippen LogP) is 4.02. The van der Waals surface area contributed by atoms with Gasteiger partial charge in [0.2, 0.25) is 5.75 Å². The lowest BCUT2D eigenvalue weighted by Gasteiger charge is -2.34. The summed E-state index contributed by atoms with van der Waals surface area (Å²) in [5.41, 5.74) is 4.30. The Labute approximate surface area is 199 Å². The predicted molar refractivity (Wildman–Crippen MR) is 128 cm³/mol. The minimum Gasteiger partial charge on any atom is -0.493 e. The molecule has 1 atom stereocenters. The highest BCUT2D eigenvalue weighted by Gasteiger charge is 2.39. The van der Waals surface area contributed by atoms with Crippen LogP contribution >= 0.6 is 0 Å². The van der Waals surface area contributed by atoms with Crippen LogP contribution in [0.1, 0.15) is 43.2 Å². The molecule has 2 N–H and O–H groups in total. The van der Waals surface area contributed by atoms with Crippen molar-refractivity contribution in [2.45, 2.75) is 39.0 Å². The number of dihydropyridines is 1. The summed E-state index contributed by atoms with van der Waals surface area (Å²) in [6.07, 6.45) is 3.65. The molecular weight excluding hydrogens is 434 g/mol. The van der Waals surface area contributed by atoms with Crippen LogP contribution in [0.4, 0.5) is 5.82 Å². The number of nitrogens with zero attached hydrogens (tertiary/aromatic N) is 1. The fraction of sp³-hybridized carbons (Fsp3) is 0.346. The highest BCUT2D eigenvalue weighted by molar-refractivity contribution is 6.09. The van der Waals surface area contributed by atoms with Crippen LogP contribution in [0, 0.1) is 6.92 Å². The summed E-state index contributed by atoms with van der Waals surface area (Å²) in [6, 6.07) is 7.23. The number of benzene rings is 1. The number of hydrogen-bond donors (Lipinski definition) is 2. The largest absolute Gasteiger partial charge is 0.493 e. The van der Waals surface area contributed by atoms with Crippen molar-refractivity contribution in [2.75, 3.05) is 26.6 Å². The second kappa shape index (κ2) is 9.59. The number of Topliss-reactive ketones (excluding diaryl/α,β-unsaturated/α-hetero) is 1. The number of nitrogens with one attached hydrogen (secondary N) is 2. The van der Waals surface area contributed by atoms with E-state index in [1.165, 1.54) is 21.3 Å². The number of carbonyl (C=O) groups is 2. The molecule has 178 valence electrons. The van der Waals surface area contributed by atoms with Crippen LogP contribution in [0.25, 0.3) is 0 Å². The highest BCUT2D eigenvalue weighted by atomic mass is 16.5. The molecule has 2 aromatic rings. The Hall–Kier alpha value is -3.81. The third kappa shape index (κ3) is 4.23. The number of methoxy groups -OCH3 is 3. The summed E-state index contributed by atoms with van der Waals surface area (Å²) < 4.78 is 16.6. The van der Waals surface area contributed by atoms with Crippen LogP contribution in [0.5, 0.6) is 17.2 Å². The van der Waals surface area contributed by atoms with Crippen molar-refractivity contribution in [3.63, 3.8) is 0 Å². The molecule has 2 aliphatic rings. The Morgan fingerprint density at radius 1 is 1.06 bits per heavy atom. The normalized spacial score (nSPS) is 17.7. The lowest BCUT2D eigenvalue weighted by molar-refractivity contribution is -0.116. The number of carbonyl (C=O) groups excluding carboxylic acids is 2. The zero-order chi connectivity index (χ0) is 24.4. The molecular formula is C26H29N3O5. The summed E-state index contributed by atoms with van der Waals surface area (Å²) >= 11 is 0. The van der Waals surface area contributed by atoms with E-state index in [1.54, 1.807) is 24.4 Å². The number of rotatable bonds is 6. The first-order valence-electron chi connectivity index (χ1n) is 11.2. The van der Waals surface area contributed by atoms with Crippen LogP contribution < -0.4 is 24.8 Å². The van der Waals surface area contributed by atoms with Crippen LogP contribution in [-0.4, -0.2) is 38.0 Å². The zero-order valence-electron chi connectivity index (χ0n) is 20.1. The number of anilines is 1. The Morgan fingerprint density at radius 3 is 2.35 bits per heavy atom. The molecule has 1 aromatic heterocycles. The average Bonchev–Trinajstić information content (AvgIpc) is 2.83. The smallest absolute Gasteiger partial charge is 0.255 e. The van der Waals surface area contributed by atoms with E-state index in [1.807, 2.05) is 19.9 Å². The first-order chi connectivity index (χ1) is 16.4. The van der Waals surface area contributed by atoms with Crippen molar-refractivity contribution in [3.8, 4) is 17.2 Å². The molecule has 1 aliphatic carbocycles. The molecule has 0 radical (unpaired) electrons. The standard InChI is InChI=1S/C26H29N3O5/c1-14-9-10-21(27-13-14)29-26(31)22-15(2)28-17-7-6-8-18(30)24(17)23(22)16-11-19(32-3)25(34-5)20(12-16)33-4/h9-13,23,28H,6-8H2,1-5H3,(H,27,29,31)/t23-/m1/s1. The fourth-order valence-corrected chi connectivity index (χ4v) is 4.61. The minimum atomic E-state index is -0.594. The number of allylic oxidation sites excluding steroid dienone is 3. The van der Waals surface area contributed by atoms with Crippen molar-refractivity contribution in [3.05, 3.63) is 64.1 Å². The third-order valence-electron chi connectivity index (χ3n) is 6.19. The summed E-state index contributed by atoms with van der Waals surface area (Å²) in [5, 5.41) is 6.21. The molecule has 2 heterocycles. The van der Waals surface area contributed by atoms with Gasteiger partial charge < -0.3 is 24.8 Å². The van der Waals surface area contributed by atoms with Gasteiger partial charge in [0, 0.05) is 41.1 Å². The highest BCUT2D eigenvalue weighted by Crippen LogP contribution is 2.47. The zero-order valence-corrected chi connectivity index (χ0v) is 20.1. The monoisotopic (exact) mass is 463 g/mol. The maximum absolute atomic E-state index is 13.6. The molecule has 4 rings (SSSR count). The quantitative estimate of drug-likeness (QED) is 0.668. The van der Waals surface area contributed by atoms with E-state index < -0.39 is 5.92 Å². The molecule has 0 fully saturated rings. The number of aromatic nitrogens is 1. The van der Waals surface area contributed by atoms with E-state index in [4.69, 9.17) is 14.2 Å². The number of hydrogen-bond acceptors (Lipinski definition) is 7. The molecule has 1 aromatic carbocycles. The van der Waals surface area contributed by atoms with Gasteiger partial charge in [0.1, 0.15) is 5.82 Å².